The van der Waals surface area contributed by atoms with Crippen LogP contribution in [0.2, 0.25) is 0 Å². The molecule has 2 rings (SSSR count). The molecular formula is C13H25N3O3S. The van der Waals surface area contributed by atoms with E-state index >= 15 is 0 Å². The van der Waals surface area contributed by atoms with Crippen molar-refractivity contribution in [2.75, 3.05) is 13.2 Å². The highest BCUT2D eigenvalue weighted by Crippen LogP contribution is 2.27. The van der Waals surface area contributed by atoms with Crippen molar-refractivity contribution in [3.05, 3.63) is 0 Å². The highest BCUT2D eigenvalue weighted by Gasteiger charge is 2.34. The lowest BCUT2D eigenvalue weighted by Crippen LogP contribution is -2.52. The van der Waals surface area contributed by atoms with Gasteiger partial charge in [-0.25, -0.2) is 13.1 Å². The van der Waals surface area contributed by atoms with Crippen LogP contribution in [-0.2, 0) is 14.8 Å². The van der Waals surface area contributed by atoms with E-state index in [1.165, 1.54) is 6.42 Å². The van der Waals surface area contributed by atoms with E-state index in [2.05, 4.69) is 4.72 Å². The third kappa shape index (κ3) is 3.93. The van der Waals surface area contributed by atoms with Gasteiger partial charge in [0, 0.05) is 13.2 Å². The molecule has 1 aliphatic heterocycles. The van der Waals surface area contributed by atoms with Crippen LogP contribution in [0.5, 0.6) is 0 Å². The van der Waals surface area contributed by atoms with Gasteiger partial charge in [-0.2, -0.15) is 0 Å². The van der Waals surface area contributed by atoms with Crippen molar-refractivity contribution in [3.8, 4) is 0 Å². The molecule has 7 heteroatoms. The zero-order chi connectivity index (χ0) is 14.6. The van der Waals surface area contributed by atoms with Crippen LogP contribution >= 0.6 is 0 Å². The molecule has 0 aromatic rings. The molecule has 2 fully saturated rings. The fourth-order valence-electron chi connectivity index (χ4n) is 3.14. The lowest BCUT2D eigenvalue weighted by atomic mass is 9.84. The minimum Gasteiger partial charge on any atom is -0.386 e. The average Bonchev–Trinajstić information content (AvgIpc) is 2.46. The number of hydrogen-bond donors (Lipinski definition) is 3. The fraction of sp³-hybridized carbons (Fsp3) is 0.923. The molecule has 1 saturated carbocycles. The average molecular weight is 303 g/mol. The fourth-order valence-corrected chi connectivity index (χ4v) is 4.82. The normalized spacial score (nSPS) is 24.4. The van der Waals surface area contributed by atoms with Gasteiger partial charge in [-0.1, -0.05) is 19.3 Å². The Balaban J connectivity index is 2.04. The quantitative estimate of drug-likeness (QED) is 0.520. The summed E-state index contributed by atoms with van der Waals surface area (Å²) in [6.07, 6.45) is 6.30. The van der Waals surface area contributed by atoms with Crippen molar-refractivity contribution in [2.24, 2.45) is 11.7 Å². The molecule has 0 spiro atoms. The molecule has 0 aromatic heterocycles. The molecular weight excluding hydrogens is 278 g/mol. The van der Waals surface area contributed by atoms with Crippen LogP contribution in [-0.4, -0.2) is 38.8 Å². The maximum Gasteiger partial charge on any atom is 0.215 e. The van der Waals surface area contributed by atoms with Crippen molar-refractivity contribution in [2.45, 2.75) is 56.2 Å². The van der Waals surface area contributed by atoms with Crippen molar-refractivity contribution in [1.82, 2.24) is 4.72 Å². The molecule has 0 aromatic carbocycles. The Morgan fingerprint density at radius 2 is 1.75 bits per heavy atom. The first-order chi connectivity index (χ1) is 9.50. The van der Waals surface area contributed by atoms with Gasteiger partial charge in [-0.15, -0.1) is 0 Å². The van der Waals surface area contributed by atoms with Crippen LogP contribution < -0.4 is 10.5 Å². The third-order valence-electron chi connectivity index (χ3n) is 4.35. The first-order valence-electron chi connectivity index (χ1n) is 7.43. The molecule has 1 aliphatic carbocycles. The second-order valence-electron chi connectivity index (χ2n) is 5.81. The van der Waals surface area contributed by atoms with Crippen molar-refractivity contribution < 1.29 is 13.2 Å². The summed E-state index contributed by atoms with van der Waals surface area (Å²) in [4.78, 5) is 0. The Hall–Kier alpha value is -0.660. The van der Waals surface area contributed by atoms with Gasteiger partial charge >= 0.3 is 0 Å². The zero-order valence-electron chi connectivity index (χ0n) is 11.8. The Morgan fingerprint density at radius 1 is 1.15 bits per heavy atom. The summed E-state index contributed by atoms with van der Waals surface area (Å²) in [6, 6.07) is -0.539. The largest absolute Gasteiger partial charge is 0.386 e. The molecule has 20 heavy (non-hydrogen) atoms. The molecule has 6 nitrogen and oxygen atoms in total. The summed E-state index contributed by atoms with van der Waals surface area (Å²) >= 11 is 0. The maximum absolute atomic E-state index is 12.4. The topological polar surface area (TPSA) is 105 Å². The monoisotopic (exact) mass is 303 g/mol. The zero-order valence-corrected chi connectivity index (χ0v) is 12.6. The molecule has 1 atom stereocenters. The molecule has 4 N–H and O–H groups in total. The molecule has 0 radical (unpaired) electrons. The molecule has 116 valence electrons. The summed E-state index contributed by atoms with van der Waals surface area (Å²) in [5, 5.41) is 7.29. The van der Waals surface area contributed by atoms with Gasteiger partial charge in [-0.05, 0) is 31.6 Å². The van der Waals surface area contributed by atoms with Gasteiger partial charge < -0.3 is 10.5 Å². The van der Waals surface area contributed by atoms with Crippen LogP contribution in [0.4, 0.5) is 0 Å². The summed E-state index contributed by atoms with van der Waals surface area (Å²) < 4.78 is 32.8. The SMILES string of the molecule is N=C(N)C(NS(=O)(=O)C1CCOCC1)C1CCCCC1. The van der Waals surface area contributed by atoms with Crippen LogP contribution in [0.3, 0.4) is 0 Å². The molecule has 0 amide bonds. The molecule has 1 saturated heterocycles. The number of amidine groups is 1. The van der Waals surface area contributed by atoms with Crippen LogP contribution in [0.15, 0.2) is 0 Å². The van der Waals surface area contributed by atoms with Gasteiger partial charge in [-0.3, -0.25) is 5.41 Å². The summed E-state index contributed by atoms with van der Waals surface area (Å²) in [5.74, 6) is 0.100. The molecule has 0 bridgehead atoms. The van der Waals surface area contributed by atoms with E-state index in [-0.39, 0.29) is 11.8 Å². The van der Waals surface area contributed by atoms with E-state index in [4.69, 9.17) is 15.9 Å². The highest BCUT2D eigenvalue weighted by molar-refractivity contribution is 7.90. The van der Waals surface area contributed by atoms with Crippen molar-refractivity contribution in [1.29, 1.82) is 5.41 Å². The first-order valence-corrected chi connectivity index (χ1v) is 8.98. The number of hydrogen-bond acceptors (Lipinski definition) is 4. The van der Waals surface area contributed by atoms with Crippen molar-refractivity contribution >= 4 is 15.9 Å². The van der Waals surface area contributed by atoms with Crippen LogP contribution in [0, 0.1) is 11.3 Å². The van der Waals surface area contributed by atoms with Crippen LogP contribution in [0.25, 0.3) is 0 Å². The minimum absolute atomic E-state index is 0.0625. The maximum atomic E-state index is 12.4. The van der Waals surface area contributed by atoms with E-state index in [0.29, 0.717) is 26.1 Å². The minimum atomic E-state index is -3.43. The second-order valence-corrected chi connectivity index (χ2v) is 7.80. The Bertz CT molecular complexity index is 426. The Labute approximate surface area is 121 Å². The van der Waals surface area contributed by atoms with Gasteiger partial charge in [0.25, 0.3) is 0 Å². The van der Waals surface area contributed by atoms with E-state index in [9.17, 15) is 8.42 Å². The summed E-state index contributed by atoms with van der Waals surface area (Å²) in [5.41, 5.74) is 5.64. The first kappa shape index (κ1) is 15.7. The van der Waals surface area contributed by atoms with Crippen LogP contribution in [0.1, 0.15) is 44.9 Å². The predicted molar refractivity (Wildman–Crippen MR) is 78.2 cm³/mol. The number of rotatable bonds is 5. The summed E-state index contributed by atoms with van der Waals surface area (Å²) in [6.45, 7) is 0.972. The number of ether oxygens (including phenoxy) is 1. The van der Waals surface area contributed by atoms with E-state index < -0.39 is 21.3 Å². The van der Waals surface area contributed by atoms with Crippen molar-refractivity contribution in [3.63, 3.8) is 0 Å². The smallest absolute Gasteiger partial charge is 0.215 e. The molecule has 1 unspecified atom stereocenters. The van der Waals surface area contributed by atoms with E-state index in [0.717, 1.165) is 25.7 Å². The summed E-state index contributed by atoms with van der Waals surface area (Å²) in [7, 11) is -3.43. The lowest BCUT2D eigenvalue weighted by molar-refractivity contribution is 0.0980. The van der Waals surface area contributed by atoms with Gasteiger partial charge in [0.2, 0.25) is 10.0 Å². The molecule has 1 heterocycles. The van der Waals surface area contributed by atoms with Gasteiger partial charge in [0.15, 0.2) is 0 Å². The highest BCUT2D eigenvalue weighted by atomic mass is 32.2. The standard InChI is InChI=1S/C13H25N3O3S/c14-13(15)12(10-4-2-1-3-5-10)16-20(17,18)11-6-8-19-9-7-11/h10-12,16H,1-9H2,(H3,14,15). The number of nitrogens with one attached hydrogen (secondary N) is 2. The molecule has 2 aliphatic rings. The number of sulfonamides is 1. The van der Waals surface area contributed by atoms with E-state index in [1.807, 2.05) is 0 Å². The van der Waals surface area contributed by atoms with Gasteiger partial charge in [0.1, 0.15) is 5.84 Å². The van der Waals surface area contributed by atoms with E-state index in [1.54, 1.807) is 0 Å². The van der Waals surface area contributed by atoms with Gasteiger partial charge in [0.05, 0.1) is 11.3 Å². The lowest BCUT2D eigenvalue weighted by Gasteiger charge is -2.32. The second kappa shape index (κ2) is 6.87. The third-order valence-corrected chi connectivity index (χ3v) is 6.29. The number of nitrogens with two attached hydrogens (primary N) is 1. The Morgan fingerprint density at radius 3 is 2.30 bits per heavy atom. The Kier molecular flexibility index (Phi) is 5.40. The predicted octanol–water partition coefficient (Wildman–Crippen LogP) is 0.970.